The summed E-state index contributed by atoms with van der Waals surface area (Å²) in [6.45, 7) is 7.97. The molecule has 2 aromatic heterocycles. The number of hydrogen-bond acceptors (Lipinski definition) is 6. The number of piperazine rings is 1. The predicted octanol–water partition coefficient (Wildman–Crippen LogP) is 2.25. The van der Waals surface area contributed by atoms with Crippen molar-refractivity contribution in [2.75, 3.05) is 26.2 Å². The van der Waals surface area contributed by atoms with E-state index >= 15 is 0 Å². The van der Waals surface area contributed by atoms with E-state index in [1.165, 1.54) is 0 Å². The zero-order valence-electron chi connectivity index (χ0n) is 15.1. The van der Waals surface area contributed by atoms with Crippen molar-refractivity contribution in [3.05, 3.63) is 47.7 Å². The maximum atomic E-state index is 13.0. The Morgan fingerprint density at radius 2 is 2.04 bits per heavy atom. The van der Waals surface area contributed by atoms with E-state index in [0.717, 1.165) is 48.5 Å². The maximum Gasteiger partial charge on any atom is 0.223 e. The Morgan fingerprint density at radius 1 is 1.27 bits per heavy atom. The molecule has 1 atom stereocenters. The third kappa shape index (κ3) is 3.27. The minimum absolute atomic E-state index is 0.135. The van der Waals surface area contributed by atoms with E-state index < -0.39 is 0 Å². The van der Waals surface area contributed by atoms with Gasteiger partial charge in [-0.25, -0.2) is 0 Å². The molecule has 3 aromatic rings. The Labute approximate surface area is 152 Å². The fraction of sp³-hybridized carbons (Fsp3) is 0.421. The third-order valence-electron chi connectivity index (χ3n) is 5.12. The van der Waals surface area contributed by atoms with E-state index in [4.69, 9.17) is 4.52 Å². The Bertz CT molecular complexity index is 907. The number of nitrogens with zero attached hydrogens (tertiary/aromatic N) is 4. The van der Waals surface area contributed by atoms with E-state index in [-0.39, 0.29) is 11.8 Å². The van der Waals surface area contributed by atoms with E-state index in [1.807, 2.05) is 37.4 Å². The second-order valence-electron chi connectivity index (χ2n) is 6.83. The number of carbonyl (C=O) groups excluding carboxylic acids is 1. The summed E-state index contributed by atoms with van der Waals surface area (Å²) in [6.07, 6.45) is 1.83. The van der Waals surface area contributed by atoms with Crippen LogP contribution in [0.15, 0.2) is 35.0 Å². The molecule has 0 spiro atoms. The number of hydrogen-bond donors (Lipinski definition) is 1. The van der Waals surface area contributed by atoms with E-state index in [1.54, 1.807) is 6.92 Å². The Balaban J connectivity index is 1.38. The van der Waals surface area contributed by atoms with Crippen LogP contribution in [-0.2, 0) is 6.54 Å². The van der Waals surface area contributed by atoms with Gasteiger partial charge in [0.2, 0.25) is 5.89 Å². The van der Waals surface area contributed by atoms with Crippen LogP contribution >= 0.6 is 0 Å². The lowest BCUT2D eigenvalue weighted by Gasteiger charge is -2.36. The van der Waals surface area contributed by atoms with Crippen LogP contribution in [-0.4, -0.2) is 62.9 Å². The summed E-state index contributed by atoms with van der Waals surface area (Å²) in [6, 6.07) is 7.80. The van der Waals surface area contributed by atoms with Crippen LogP contribution in [0.25, 0.3) is 10.9 Å². The van der Waals surface area contributed by atoms with Crippen LogP contribution in [0.5, 0.6) is 0 Å². The van der Waals surface area contributed by atoms with Gasteiger partial charge in [0, 0.05) is 55.8 Å². The highest BCUT2D eigenvalue weighted by Gasteiger charge is 2.28. The fourth-order valence-corrected chi connectivity index (χ4v) is 3.58. The maximum absolute atomic E-state index is 13.0. The number of ketones is 1. The van der Waals surface area contributed by atoms with Crippen molar-refractivity contribution in [2.24, 2.45) is 0 Å². The molecule has 1 aliphatic rings. The molecule has 0 aliphatic carbocycles. The number of para-hydroxylation sites is 1. The first-order chi connectivity index (χ1) is 12.6. The molecule has 1 aliphatic heterocycles. The van der Waals surface area contributed by atoms with Gasteiger partial charge in [-0.05, 0) is 13.0 Å². The molecule has 1 saturated heterocycles. The Hall–Kier alpha value is -2.51. The van der Waals surface area contributed by atoms with Crippen molar-refractivity contribution in [1.29, 1.82) is 0 Å². The van der Waals surface area contributed by atoms with Gasteiger partial charge in [-0.2, -0.15) is 4.98 Å². The predicted molar refractivity (Wildman–Crippen MR) is 98.0 cm³/mol. The number of rotatable bonds is 5. The second kappa shape index (κ2) is 7.01. The van der Waals surface area contributed by atoms with Crippen LogP contribution in [0, 0.1) is 6.92 Å². The van der Waals surface area contributed by atoms with Crippen molar-refractivity contribution in [3.63, 3.8) is 0 Å². The first-order valence-electron chi connectivity index (χ1n) is 8.98. The molecule has 7 heteroatoms. The molecule has 3 heterocycles. The molecule has 7 nitrogen and oxygen atoms in total. The van der Waals surface area contributed by atoms with Gasteiger partial charge in [-0.15, -0.1) is 0 Å². The van der Waals surface area contributed by atoms with Crippen molar-refractivity contribution in [1.82, 2.24) is 24.9 Å². The van der Waals surface area contributed by atoms with Gasteiger partial charge in [-0.3, -0.25) is 14.6 Å². The van der Waals surface area contributed by atoms with Crippen molar-refractivity contribution < 1.29 is 9.32 Å². The van der Waals surface area contributed by atoms with Crippen LogP contribution in [0.1, 0.15) is 29.0 Å². The molecule has 136 valence electrons. The summed E-state index contributed by atoms with van der Waals surface area (Å²) in [5.41, 5.74) is 1.78. The summed E-state index contributed by atoms with van der Waals surface area (Å²) < 4.78 is 5.03. The summed E-state index contributed by atoms with van der Waals surface area (Å²) in [7, 11) is 0. The smallest absolute Gasteiger partial charge is 0.223 e. The SMILES string of the molecule is Cc1nc(CN2CCN([C@H](C)C(=O)c3c[nH]c4ccccc34)CC2)no1. The standard InChI is InChI=1S/C19H23N5O2/c1-13(19(25)16-11-20-17-6-4-3-5-15(16)17)24-9-7-23(8-10-24)12-18-21-14(2)26-22-18/h3-6,11,13,20H,7-10,12H2,1-2H3/t13-/m1/s1. The van der Waals surface area contributed by atoms with Gasteiger partial charge < -0.3 is 9.51 Å². The summed E-state index contributed by atoms with van der Waals surface area (Å²) in [5.74, 6) is 1.49. The van der Waals surface area contributed by atoms with Crippen LogP contribution < -0.4 is 0 Å². The molecule has 26 heavy (non-hydrogen) atoms. The van der Waals surface area contributed by atoms with Gasteiger partial charge >= 0.3 is 0 Å². The molecule has 1 aromatic carbocycles. The highest BCUT2D eigenvalue weighted by Crippen LogP contribution is 2.21. The molecule has 0 saturated carbocycles. The second-order valence-corrected chi connectivity index (χ2v) is 6.83. The highest BCUT2D eigenvalue weighted by atomic mass is 16.5. The Kier molecular flexibility index (Phi) is 4.57. The normalized spacial score (nSPS) is 17.6. The first-order valence-corrected chi connectivity index (χ1v) is 8.98. The number of Topliss-reactive ketones (excluding diaryl/α,β-unsaturated/α-hetero) is 1. The molecular formula is C19H23N5O2. The molecule has 0 bridgehead atoms. The van der Waals surface area contributed by atoms with E-state index in [0.29, 0.717) is 12.4 Å². The summed E-state index contributed by atoms with van der Waals surface area (Å²) >= 11 is 0. The topological polar surface area (TPSA) is 78.3 Å². The van der Waals surface area contributed by atoms with E-state index in [2.05, 4.69) is 24.9 Å². The summed E-state index contributed by atoms with van der Waals surface area (Å²) in [5, 5.41) is 4.95. The monoisotopic (exact) mass is 353 g/mol. The van der Waals surface area contributed by atoms with Crippen molar-refractivity contribution in [2.45, 2.75) is 26.4 Å². The number of carbonyl (C=O) groups is 1. The zero-order chi connectivity index (χ0) is 18.1. The van der Waals surface area contributed by atoms with Gasteiger partial charge in [0.1, 0.15) is 0 Å². The fourth-order valence-electron chi connectivity index (χ4n) is 3.58. The zero-order valence-corrected chi connectivity index (χ0v) is 15.1. The average Bonchev–Trinajstić information content (AvgIpc) is 3.27. The molecule has 1 N–H and O–H groups in total. The number of nitrogens with one attached hydrogen (secondary N) is 1. The lowest BCUT2D eigenvalue weighted by Crippen LogP contribution is -2.51. The number of fused-ring (bicyclic) bond motifs is 1. The quantitative estimate of drug-likeness (QED) is 0.709. The number of benzene rings is 1. The van der Waals surface area contributed by atoms with Crippen molar-refractivity contribution in [3.8, 4) is 0 Å². The van der Waals surface area contributed by atoms with Gasteiger partial charge in [0.15, 0.2) is 11.6 Å². The van der Waals surface area contributed by atoms with Crippen molar-refractivity contribution >= 4 is 16.7 Å². The highest BCUT2D eigenvalue weighted by molar-refractivity contribution is 6.10. The number of aromatic amines is 1. The van der Waals surface area contributed by atoms with Crippen LogP contribution in [0.3, 0.4) is 0 Å². The lowest BCUT2D eigenvalue weighted by atomic mass is 10.0. The average molecular weight is 353 g/mol. The van der Waals surface area contributed by atoms with Gasteiger partial charge in [0.05, 0.1) is 12.6 Å². The molecule has 0 radical (unpaired) electrons. The third-order valence-corrected chi connectivity index (χ3v) is 5.12. The minimum Gasteiger partial charge on any atom is -0.360 e. The van der Waals surface area contributed by atoms with Gasteiger partial charge in [-0.1, -0.05) is 23.4 Å². The van der Waals surface area contributed by atoms with Gasteiger partial charge in [0.25, 0.3) is 0 Å². The number of aryl methyl sites for hydroxylation is 1. The molecule has 1 fully saturated rings. The van der Waals surface area contributed by atoms with Crippen LogP contribution in [0.4, 0.5) is 0 Å². The van der Waals surface area contributed by atoms with E-state index in [9.17, 15) is 4.79 Å². The molecule has 4 rings (SSSR count). The molecule has 0 amide bonds. The molecular weight excluding hydrogens is 330 g/mol. The summed E-state index contributed by atoms with van der Waals surface area (Å²) in [4.78, 5) is 25.0. The largest absolute Gasteiger partial charge is 0.360 e. The lowest BCUT2D eigenvalue weighted by molar-refractivity contribution is 0.0682. The Morgan fingerprint density at radius 3 is 2.77 bits per heavy atom. The number of aromatic nitrogens is 3. The molecule has 0 unspecified atom stereocenters. The first kappa shape index (κ1) is 16.9. The number of H-pyrrole nitrogens is 1. The van der Waals surface area contributed by atoms with Crippen LogP contribution in [0.2, 0.25) is 0 Å². The minimum atomic E-state index is -0.135.